The van der Waals surface area contributed by atoms with Gasteiger partial charge in [-0.2, -0.15) is 0 Å². The van der Waals surface area contributed by atoms with Crippen LogP contribution in [0.1, 0.15) is 57.6 Å². The summed E-state index contributed by atoms with van der Waals surface area (Å²) in [5, 5.41) is 3.25. The fourth-order valence-corrected chi connectivity index (χ4v) is 2.55. The second-order valence-electron chi connectivity index (χ2n) is 4.79. The molecule has 1 aromatic carbocycles. The molecule has 0 fully saturated rings. The summed E-state index contributed by atoms with van der Waals surface area (Å²) in [6, 6.07) is 2.43. The standard InChI is InChI=1S/C15H22BrF2N/c1-3-5-6-7-14(19-8-4-2)15-12(17)9-11(16)10-13(15)18/h9-10,14,19H,3-8H2,1-2H3. The molecule has 1 atom stereocenters. The number of halogens is 3. The highest BCUT2D eigenvalue weighted by atomic mass is 79.9. The minimum absolute atomic E-state index is 0.174. The van der Waals surface area contributed by atoms with E-state index in [-0.39, 0.29) is 11.6 Å². The number of hydrogen-bond acceptors (Lipinski definition) is 1. The number of nitrogens with one attached hydrogen (secondary N) is 1. The van der Waals surface area contributed by atoms with Gasteiger partial charge < -0.3 is 5.32 Å². The second-order valence-corrected chi connectivity index (χ2v) is 5.70. The molecule has 1 unspecified atom stereocenters. The molecule has 0 heterocycles. The van der Waals surface area contributed by atoms with Crippen molar-refractivity contribution in [3.05, 3.63) is 33.8 Å². The van der Waals surface area contributed by atoms with E-state index in [1.165, 1.54) is 12.1 Å². The zero-order valence-corrected chi connectivity index (χ0v) is 13.2. The third-order valence-electron chi connectivity index (χ3n) is 3.13. The lowest BCUT2D eigenvalue weighted by Crippen LogP contribution is -2.24. The van der Waals surface area contributed by atoms with E-state index < -0.39 is 11.6 Å². The van der Waals surface area contributed by atoms with Gasteiger partial charge in [-0.1, -0.05) is 49.0 Å². The largest absolute Gasteiger partial charge is 0.310 e. The molecule has 0 aliphatic heterocycles. The zero-order valence-electron chi connectivity index (χ0n) is 11.6. The molecular formula is C15H22BrF2N. The third-order valence-corrected chi connectivity index (χ3v) is 3.59. The Balaban J connectivity index is 2.89. The van der Waals surface area contributed by atoms with Crippen LogP contribution in [0, 0.1) is 11.6 Å². The average Bonchev–Trinajstić information content (AvgIpc) is 2.34. The van der Waals surface area contributed by atoms with Crippen LogP contribution in [0.5, 0.6) is 0 Å². The van der Waals surface area contributed by atoms with Crippen molar-refractivity contribution in [1.29, 1.82) is 0 Å². The van der Waals surface area contributed by atoms with Crippen LogP contribution in [0.4, 0.5) is 8.78 Å². The first kappa shape index (κ1) is 16.6. The lowest BCUT2D eigenvalue weighted by atomic mass is 9.99. The molecule has 1 rings (SSSR count). The van der Waals surface area contributed by atoms with Crippen LogP contribution in [0.2, 0.25) is 0 Å². The predicted octanol–water partition coefficient (Wildman–Crippen LogP) is 5.35. The SMILES string of the molecule is CCCCCC(NCCC)c1c(F)cc(Br)cc1F. The molecule has 19 heavy (non-hydrogen) atoms. The summed E-state index contributed by atoms with van der Waals surface area (Å²) in [6.45, 7) is 4.94. The Morgan fingerprint density at radius 2 is 1.74 bits per heavy atom. The summed E-state index contributed by atoms with van der Waals surface area (Å²) in [6.07, 6.45) is 4.88. The summed E-state index contributed by atoms with van der Waals surface area (Å²) >= 11 is 3.11. The summed E-state index contributed by atoms with van der Waals surface area (Å²) < 4.78 is 28.4. The molecule has 0 aliphatic rings. The van der Waals surface area contributed by atoms with Crippen LogP contribution < -0.4 is 5.32 Å². The van der Waals surface area contributed by atoms with Gasteiger partial charge in [0.15, 0.2) is 0 Å². The number of rotatable bonds is 8. The zero-order chi connectivity index (χ0) is 14.3. The van der Waals surface area contributed by atoms with Gasteiger partial charge in [-0.25, -0.2) is 8.78 Å². The van der Waals surface area contributed by atoms with Gasteiger partial charge in [0.25, 0.3) is 0 Å². The Bertz CT molecular complexity index is 373. The van der Waals surface area contributed by atoms with Gasteiger partial charge in [-0.3, -0.25) is 0 Å². The Kier molecular flexibility index (Phi) is 7.54. The lowest BCUT2D eigenvalue weighted by molar-refractivity contribution is 0.431. The predicted molar refractivity (Wildman–Crippen MR) is 79.2 cm³/mol. The van der Waals surface area contributed by atoms with Crippen molar-refractivity contribution in [1.82, 2.24) is 5.32 Å². The maximum Gasteiger partial charge on any atom is 0.132 e. The smallest absolute Gasteiger partial charge is 0.132 e. The van der Waals surface area contributed by atoms with E-state index in [9.17, 15) is 8.78 Å². The van der Waals surface area contributed by atoms with Gasteiger partial charge in [0.1, 0.15) is 11.6 Å². The normalized spacial score (nSPS) is 12.7. The molecule has 0 saturated heterocycles. The first-order chi connectivity index (χ1) is 9.10. The second kappa shape index (κ2) is 8.64. The van der Waals surface area contributed by atoms with E-state index in [0.717, 1.165) is 38.6 Å². The molecule has 0 spiro atoms. The summed E-state index contributed by atoms with van der Waals surface area (Å²) in [4.78, 5) is 0. The highest BCUT2D eigenvalue weighted by Crippen LogP contribution is 2.28. The molecule has 1 N–H and O–H groups in total. The first-order valence-electron chi connectivity index (χ1n) is 6.98. The molecule has 1 aromatic rings. The third kappa shape index (κ3) is 5.19. The molecule has 108 valence electrons. The molecule has 0 aromatic heterocycles. The van der Waals surface area contributed by atoms with Crippen LogP contribution in [0.15, 0.2) is 16.6 Å². The highest BCUT2D eigenvalue weighted by molar-refractivity contribution is 9.10. The minimum Gasteiger partial charge on any atom is -0.310 e. The van der Waals surface area contributed by atoms with Crippen molar-refractivity contribution in [2.24, 2.45) is 0 Å². The van der Waals surface area contributed by atoms with Gasteiger partial charge in [-0.05, 0) is 31.5 Å². The Labute approximate surface area is 122 Å². The molecule has 0 radical (unpaired) electrons. The lowest BCUT2D eigenvalue weighted by Gasteiger charge is -2.20. The van der Waals surface area contributed by atoms with Crippen LogP contribution in [-0.4, -0.2) is 6.54 Å². The molecule has 0 aliphatic carbocycles. The van der Waals surface area contributed by atoms with Gasteiger partial charge >= 0.3 is 0 Å². The Morgan fingerprint density at radius 1 is 1.11 bits per heavy atom. The van der Waals surface area contributed by atoms with Crippen molar-refractivity contribution in [3.63, 3.8) is 0 Å². The van der Waals surface area contributed by atoms with E-state index >= 15 is 0 Å². The van der Waals surface area contributed by atoms with E-state index in [4.69, 9.17) is 0 Å². The summed E-state index contributed by atoms with van der Waals surface area (Å²) in [5.41, 5.74) is 0.174. The van der Waals surface area contributed by atoms with Crippen LogP contribution in [-0.2, 0) is 0 Å². The molecule has 0 bridgehead atoms. The molecule has 4 heteroatoms. The first-order valence-corrected chi connectivity index (χ1v) is 7.77. The van der Waals surface area contributed by atoms with Gasteiger partial charge in [-0.15, -0.1) is 0 Å². The Morgan fingerprint density at radius 3 is 2.26 bits per heavy atom. The fourth-order valence-electron chi connectivity index (χ4n) is 2.15. The topological polar surface area (TPSA) is 12.0 Å². The van der Waals surface area contributed by atoms with Crippen molar-refractivity contribution in [3.8, 4) is 0 Å². The van der Waals surface area contributed by atoms with Gasteiger partial charge in [0.05, 0.1) is 0 Å². The van der Waals surface area contributed by atoms with E-state index in [2.05, 4.69) is 28.2 Å². The van der Waals surface area contributed by atoms with Crippen molar-refractivity contribution < 1.29 is 8.78 Å². The van der Waals surface area contributed by atoms with Crippen LogP contribution in [0.25, 0.3) is 0 Å². The monoisotopic (exact) mass is 333 g/mol. The van der Waals surface area contributed by atoms with Crippen LogP contribution in [0.3, 0.4) is 0 Å². The number of unbranched alkanes of at least 4 members (excludes halogenated alkanes) is 2. The van der Waals surface area contributed by atoms with E-state index in [1.807, 2.05) is 6.92 Å². The minimum atomic E-state index is -0.475. The molecular weight excluding hydrogens is 312 g/mol. The Hall–Kier alpha value is -0.480. The van der Waals surface area contributed by atoms with Gasteiger partial charge in [0, 0.05) is 16.1 Å². The summed E-state index contributed by atoms with van der Waals surface area (Å²) in [7, 11) is 0. The van der Waals surface area contributed by atoms with Gasteiger partial charge in [0.2, 0.25) is 0 Å². The maximum absolute atomic E-state index is 14.0. The molecule has 1 nitrogen and oxygen atoms in total. The van der Waals surface area contributed by atoms with Crippen molar-refractivity contribution >= 4 is 15.9 Å². The van der Waals surface area contributed by atoms with E-state index in [0.29, 0.717) is 4.47 Å². The number of hydrogen-bond donors (Lipinski definition) is 1. The molecule has 0 saturated carbocycles. The number of benzene rings is 1. The maximum atomic E-state index is 14.0. The van der Waals surface area contributed by atoms with E-state index in [1.54, 1.807) is 0 Å². The average molecular weight is 334 g/mol. The molecule has 0 amide bonds. The van der Waals surface area contributed by atoms with Crippen molar-refractivity contribution in [2.75, 3.05) is 6.54 Å². The van der Waals surface area contributed by atoms with Crippen molar-refractivity contribution in [2.45, 2.75) is 52.0 Å². The quantitative estimate of drug-likeness (QED) is 0.632. The highest BCUT2D eigenvalue weighted by Gasteiger charge is 2.20. The summed E-state index contributed by atoms with van der Waals surface area (Å²) in [5.74, 6) is -0.950. The van der Waals surface area contributed by atoms with Crippen LogP contribution >= 0.6 is 15.9 Å². The fraction of sp³-hybridized carbons (Fsp3) is 0.600.